The van der Waals surface area contributed by atoms with E-state index >= 15 is 0 Å². The van der Waals surface area contributed by atoms with Crippen LogP contribution in [0.4, 0.5) is 20.3 Å². The molecule has 4 aromatic rings. The molecule has 1 aliphatic heterocycles. The van der Waals surface area contributed by atoms with Gasteiger partial charge in [0.1, 0.15) is 17.2 Å². The molecule has 1 aliphatic rings. The van der Waals surface area contributed by atoms with Crippen LogP contribution in [-0.2, 0) is 9.84 Å². The Morgan fingerprint density at radius 2 is 1.82 bits per heavy atom. The Bertz CT molecular complexity index is 1670. The number of rotatable bonds is 6. The first-order valence-electron chi connectivity index (χ1n) is 12.3. The van der Waals surface area contributed by atoms with Gasteiger partial charge in [-0.1, -0.05) is 23.8 Å². The van der Waals surface area contributed by atoms with Gasteiger partial charge in [0.25, 0.3) is 11.8 Å². The first-order chi connectivity index (χ1) is 17.8. The van der Waals surface area contributed by atoms with Gasteiger partial charge in [-0.25, -0.2) is 22.2 Å². The Hall–Kier alpha value is -3.73. The van der Waals surface area contributed by atoms with Crippen LogP contribution >= 0.6 is 0 Å². The van der Waals surface area contributed by atoms with E-state index in [1.54, 1.807) is 34.9 Å². The number of carbonyl (C=O) groups excluding carboxylic acids is 1. The number of anilines is 2. The van der Waals surface area contributed by atoms with Gasteiger partial charge in [-0.05, 0) is 49.1 Å². The lowest BCUT2D eigenvalue weighted by Crippen LogP contribution is -2.40. The fraction of sp³-hybridized carbons (Fsp3) is 0.333. The summed E-state index contributed by atoms with van der Waals surface area (Å²) in [6.07, 6.45) is 2.17. The molecule has 2 aromatic carbocycles. The molecule has 11 heteroatoms. The lowest BCUT2D eigenvalue weighted by molar-refractivity contribution is -0.0221. The third-order valence-electron chi connectivity index (χ3n) is 7.02. The highest BCUT2D eigenvalue weighted by Crippen LogP contribution is 2.37. The lowest BCUT2D eigenvalue weighted by Gasteiger charge is -2.34. The van der Waals surface area contributed by atoms with Crippen molar-refractivity contribution in [3.8, 4) is 0 Å². The molecule has 8 nitrogen and oxygen atoms in total. The molecular formula is C27H29F2N5O3S. The normalized spacial score (nSPS) is 16.6. The zero-order valence-electron chi connectivity index (χ0n) is 21.3. The average molecular weight is 542 g/mol. The molecule has 0 radical (unpaired) electrons. The number of halogens is 2. The Balaban J connectivity index is 1.69. The van der Waals surface area contributed by atoms with Crippen LogP contribution in [0.15, 0.2) is 53.6 Å². The average Bonchev–Trinajstić information content (AvgIpc) is 3.29. The Kier molecular flexibility index (Phi) is 6.29. The van der Waals surface area contributed by atoms with Gasteiger partial charge in [0, 0.05) is 49.8 Å². The number of sulfone groups is 1. The molecule has 1 unspecified atom stereocenters. The number of nitrogens with zero attached hydrogens (tertiary/aromatic N) is 3. The number of nitrogens with one attached hydrogen (secondary N) is 1. The number of hydrogen-bond acceptors (Lipinski definition) is 6. The van der Waals surface area contributed by atoms with Crippen LogP contribution < -0.4 is 16.0 Å². The van der Waals surface area contributed by atoms with Gasteiger partial charge >= 0.3 is 0 Å². The van der Waals surface area contributed by atoms with Gasteiger partial charge in [-0.15, -0.1) is 0 Å². The molecule has 3 heterocycles. The Morgan fingerprint density at radius 3 is 2.47 bits per heavy atom. The van der Waals surface area contributed by atoms with Crippen LogP contribution in [0, 0.1) is 6.92 Å². The number of piperidine rings is 1. The van der Waals surface area contributed by atoms with Crippen LogP contribution in [0.25, 0.3) is 16.4 Å². The third kappa shape index (κ3) is 4.78. The molecule has 0 spiro atoms. The number of hydrogen-bond donors (Lipinski definition) is 2. The smallest absolute Gasteiger partial charge is 0.268 e. The zero-order chi connectivity index (χ0) is 27.4. The van der Waals surface area contributed by atoms with E-state index < -0.39 is 21.7 Å². The maximum Gasteiger partial charge on any atom is 0.268 e. The number of fused-ring (bicyclic) bond motifs is 3. The molecule has 200 valence electrons. The SMILES string of the molecule is Cc1cc(C(C)Nc2ccccc2S(C)(=O)=O)c2cc(N3CCC(F)(F)CC3)n3cc(C(N)=O)nc3c2c1. The van der Waals surface area contributed by atoms with Crippen molar-refractivity contribution >= 4 is 43.7 Å². The number of pyridine rings is 1. The molecule has 1 fully saturated rings. The van der Waals surface area contributed by atoms with Crippen molar-refractivity contribution in [2.75, 3.05) is 29.6 Å². The van der Waals surface area contributed by atoms with Crippen molar-refractivity contribution in [2.24, 2.45) is 5.73 Å². The quantitative estimate of drug-likeness (QED) is 0.366. The van der Waals surface area contributed by atoms with E-state index in [1.807, 2.05) is 36.9 Å². The summed E-state index contributed by atoms with van der Waals surface area (Å²) >= 11 is 0. The monoisotopic (exact) mass is 541 g/mol. The highest BCUT2D eigenvalue weighted by Gasteiger charge is 2.35. The summed E-state index contributed by atoms with van der Waals surface area (Å²) in [5.74, 6) is -2.76. The number of para-hydroxylation sites is 1. The van der Waals surface area contributed by atoms with Gasteiger partial charge in [0.05, 0.1) is 10.6 Å². The summed E-state index contributed by atoms with van der Waals surface area (Å²) in [7, 11) is -3.46. The maximum atomic E-state index is 14.0. The van der Waals surface area contributed by atoms with Crippen molar-refractivity contribution in [2.45, 2.75) is 43.5 Å². The van der Waals surface area contributed by atoms with Crippen molar-refractivity contribution in [1.29, 1.82) is 0 Å². The molecule has 3 N–H and O–H groups in total. The number of aromatic nitrogens is 2. The molecular weight excluding hydrogens is 512 g/mol. The van der Waals surface area contributed by atoms with Crippen molar-refractivity contribution < 1.29 is 22.0 Å². The topological polar surface area (TPSA) is 110 Å². The third-order valence-corrected chi connectivity index (χ3v) is 8.17. The van der Waals surface area contributed by atoms with Crippen molar-refractivity contribution in [1.82, 2.24) is 9.38 Å². The molecule has 1 atom stereocenters. The number of aryl methyl sites for hydroxylation is 1. The second kappa shape index (κ2) is 9.23. The molecule has 1 amide bonds. The minimum atomic E-state index is -3.46. The molecule has 0 aliphatic carbocycles. The van der Waals surface area contributed by atoms with Gasteiger partial charge in [0.15, 0.2) is 9.84 Å². The largest absolute Gasteiger partial charge is 0.377 e. The van der Waals surface area contributed by atoms with Crippen molar-refractivity contribution in [3.05, 3.63) is 65.5 Å². The second-order valence-corrected chi connectivity index (χ2v) is 12.0. The van der Waals surface area contributed by atoms with E-state index in [-0.39, 0.29) is 42.6 Å². The summed E-state index contributed by atoms with van der Waals surface area (Å²) in [6, 6.07) is 12.3. The summed E-state index contributed by atoms with van der Waals surface area (Å²) in [6.45, 7) is 4.16. The first kappa shape index (κ1) is 25.9. The summed E-state index contributed by atoms with van der Waals surface area (Å²) in [5, 5.41) is 4.92. The zero-order valence-corrected chi connectivity index (χ0v) is 22.1. The summed E-state index contributed by atoms with van der Waals surface area (Å²) in [5.41, 5.74) is 8.41. The van der Waals surface area contributed by atoms with E-state index in [9.17, 15) is 22.0 Å². The molecule has 2 aromatic heterocycles. The summed E-state index contributed by atoms with van der Waals surface area (Å²) in [4.78, 5) is 18.6. The van der Waals surface area contributed by atoms with Crippen LogP contribution in [0.1, 0.15) is 47.4 Å². The minimum Gasteiger partial charge on any atom is -0.377 e. The first-order valence-corrected chi connectivity index (χ1v) is 14.2. The van der Waals surface area contributed by atoms with E-state index in [1.165, 1.54) is 6.26 Å². The number of imidazole rings is 1. The highest BCUT2D eigenvalue weighted by molar-refractivity contribution is 7.90. The van der Waals surface area contributed by atoms with E-state index in [4.69, 9.17) is 5.73 Å². The van der Waals surface area contributed by atoms with E-state index in [0.29, 0.717) is 17.2 Å². The molecule has 0 saturated carbocycles. The predicted molar refractivity (Wildman–Crippen MR) is 144 cm³/mol. The van der Waals surface area contributed by atoms with Crippen LogP contribution in [-0.4, -0.2) is 49.0 Å². The predicted octanol–water partition coefficient (Wildman–Crippen LogP) is 4.71. The number of amides is 1. The van der Waals surface area contributed by atoms with E-state index in [0.717, 1.165) is 21.9 Å². The highest BCUT2D eigenvalue weighted by atomic mass is 32.2. The summed E-state index contributed by atoms with van der Waals surface area (Å²) < 4.78 is 54.4. The number of carbonyl (C=O) groups is 1. The number of nitrogens with two attached hydrogens (primary N) is 1. The molecule has 5 rings (SSSR count). The Labute approximate surface area is 219 Å². The number of alkyl halides is 2. The van der Waals surface area contributed by atoms with Crippen LogP contribution in [0.3, 0.4) is 0 Å². The number of primary amides is 1. The van der Waals surface area contributed by atoms with Gasteiger partial charge in [-0.2, -0.15) is 0 Å². The fourth-order valence-corrected chi connectivity index (χ4v) is 5.97. The van der Waals surface area contributed by atoms with Crippen molar-refractivity contribution in [3.63, 3.8) is 0 Å². The lowest BCUT2D eigenvalue weighted by atomic mass is 9.97. The maximum absolute atomic E-state index is 14.0. The van der Waals surface area contributed by atoms with Gasteiger partial charge in [0.2, 0.25) is 0 Å². The van der Waals surface area contributed by atoms with Gasteiger partial charge < -0.3 is 16.0 Å². The van der Waals surface area contributed by atoms with Crippen LogP contribution in [0.5, 0.6) is 0 Å². The number of benzene rings is 2. The standard InChI is InChI=1S/C27H29F2N5O3S/c1-16-12-18(17(2)31-21-6-4-5-7-23(21)38(3,36)37)19-14-24(33-10-8-27(28,29)9-11-33)34-15-22(25(30)35)32-26(34)20(19)13-16/h4-7,12-15,17,31H,8-11H2,1-3H3,(H2,30,35). The molecule has 0 bridgehead atoms. The van der Waals surface area contributed by atoms with Gasteiger partial charge in [-0.3, -0.25) is 9.20 Å². The van der Waals surface area contributed by atoms with Crippen LogP contribution in [0.2, 0.25) is 0 Å². The fourth-order valence-electron chi connectivity index (χ4n) is 5.12. The minimum absolute atomic E-state index is 0.0809. The second-order valence-electron chi connectivity index (χ2n) is 9.98. The Morgan fingerprint density at radius 1 is 1.13 bits per heavy atom. The molecule has 38 heavy (non-hydrogen) atoms. The molecule has 1 saturated heterocycles. The van der Waals surface area contributed by atoms with E-state index in [2.05, 4.69) is 10.3 Å².